The first-order valence-electron chi connectivity index (χ1n) is 22.5. The zero-order chi connectivity index (χ0) is 45.5. The van der Waals surface area contributed by atoms with Crippen LogP contribution in [0.25, 0.3) is 29.3 Å². The van der Waals surface area contributed by atoms with Gasteiger partial charge in [-0.2, -0.15) is 0 Å². The molecule has 0 unspecified atom stereocenters. The molecule has 0 aliphatic heterocycles. The third kappa shape index (κ3) is 12.4. The highest BCUT2D eigenvalue weighted by atomic mass is 15.1. The summed E-state index contributed by atoms with van der Waals surface area (Å²) in [5.41, 5.74) is 17.3. The third-order valence-corrected chi connectivity index (χ3v) is 11.4. The Kier molecular flexibility index (Phi) is 14.9. The first-order chi connectivity index (χ1) is 29.0. The van der Waals surface area contributed by atoms with Crippen molar-refractivity contribution in [3.63, 3.8) is 0 Å². The van der Waals surface area contributed by atoms with Crippen molar-refractivity contribution in [3.8, 4) is 0 Å². The number of imidazole rings is 1. The Bertz CT molecular complexity index is 2320. The SMILES string of the molecule is CC(C)(C)c1cccc2c1C=CC2.CC(C)(C)c1ccccc1.CC(C)(C)c1ccnc2c1C=CC2.CC(C)(C)c1cncc2c1C=CC2.CC(C)(C)n1cnc2ccccc21. The van der Waals surface area contributed by atoms with E-state index in [9.17, 15) is 0 Å². The number of hydrogen-bond donors (Lipinski definition) is 0. The molecule has 0 spiro atoms. The number of para-hydroxylation sites is 2. The quantitative estimate of drug-likeness (QED) is 0.153. The molecule has 0 fully saturated rings. The topological polar surface area (TPSA) is 43.6 Å². The first-order valence-corrected chi connectivity index (χ1v) is 22.5. The summed E-state index contributed by atoms with van der Waals surface area (Å²) in [7, 11) is 0. The molecule has 0 atom stereocenters. The standard InChI is InChI=1S/C13H16.2C12H15N.C11H14N2.C10H14/c1-13(2,3)12-9-5-7-10-6-4-8-11(10)12;1-12(2,3)11-8-13-7-9-5-4-6-10(9)11;1-12(2,3)10-7-8-13-11-6-4-5-9(10)11;1-11(2,3)13-8-12-9-6-4-5-7-10(9)13;1-10(2,3)9-7-5-4-6-8-9/h4-5,7-9H,6H2,1-3H3;4,6-8H,5H2,1-3H3;4-5,7-8H,6H2,1-3H3;4-8H,1-3H3;4-8H,1-3H3. The second-order valence-corrected chi connectivity index (χ2v) is 21.8. The monoisotopic (exact) mass is 827 g/mol. The van der Waals surface area contributed by atoms with Crippen LogP contribution >= 0.6 is 0 Å². The van der Waals surface area contributed by atoms with Gasteiger partial charge in [-0.15, -0.1) is 0 Å². The number of aromatic nitrogens is 4. The van der Waals surface area contributed by atoms with E-state index in [1.54, 1.807) is 0 Å². The summed E-state index contributed by atoms with van der Waals surface area (Å²) < 4.78 is 2.20. The van der Waals surface area contributed by atoms with Crippen LogP contribution < -0.4 is 0 Å². The average molecular weight is 827 g/mol. The maximum absolute atomic E-state index is 4.37. The largest absolute Gasteiger partial charge is 0.325 e. The van der Waals surface area contributed by atoms with E-state index in [1.165, 1.54) is 61.3 Å². The molecule has 62 heavy (non-hydrogen) atoms. The lowest BCUT2D eigenvalue weighted by Gasteiger charge is -2.22. The molecule has 9 rings (SSSR count). The van der Waals surface area contributed by atoms with E-state index in [4.69, 9.17) is 0 Å². The number of hydrogen-bond acceptors (Lipinski definition) is 3. The highest BCUT2D eigenvalue weighted by Crippen LogP contribution is 2.33. The maximum Gasteiger partial charge on any atom is 0.0963 e. The van der Waals surface area contributed by atoms with E-state index in [-0.39, 0.29) is 21.8 Å². The molecule has 0 N–H and O–H groups in total. The van der Waals surface area contributed by atoms with E-state index >= 15 is 0 Å². The van der Waals surface area contributed by atoms with Crippen molar-refractivity contribution in [2.45, 2.75) is 150 Å². The molecule has 6 aromatic rings. The fourth-order valence-electron chi connectivity index (χ4n) is 7.96. The van der Waals surface area contributed by atoms with Crippen LogP contribution in [0.15, 0.2) is 122 Å². The zero-order valence-corrected chi connectivity index (χ0v) is 40.7. The van der Waals surface area contributed by atoms with Crippen LogP contribution in [0.1, 0.15) is 160 Å². The van der Waals surface area contributed by atoms with E-state index in [2.05, 4.69) is 220 Å². The Balaban J connectivity index is 0.000000147. The van der Waals surface area contributed by atoms with Gasteiger partial charge in [0.2, 0.25) is 0 Å². The fraction of sp³-hybridized carbons (Fsp3) is 0.397. The van der Waals surface area contributed by atoms with Gasteiger partial charge in [0, 0.05) is 30.6 Å². The normalized spacial score (nSPS) is 13.7. The minimum atomic E-state index is 0.107. The molecule has 3 aromatic heterocycles. The van der Waals surface area contributed by atoms with E-state index in [0.29, 0.717) is 5.41 Å². The van der Waals surface area contributed by atoms with Gasteiger partial charge in [-0.05, 0) is 124 Å². The predicted octanol–water partition coefficient (Wildman–Crippen LogP) is 15.2. The first kappa shape index (κ1) is 47.7. The van der Waals surface area contributed by atoms with Gasteiger partial charge in [0.1, 0.15) is 0 Å². The molecule has 0 bridgehead atoms. The van der Waals surface area contributed by atoms with Crippen LogP contribution in [-0.2, 0) is 46.5 Å². The molecule has 326 valence electrons. The summed E-state index contributed by atoms with van der Waals surface area (Å²) in [4.78, 5) is 13.0. The van der Waals surface area contributed by atoms with Crippen LogP contribution in [-0.4, -0.2) is 19.5 Å². The Morgan fingerprint density at radius 2 is 1.00 bits per heavy atom. The van der Waals surface area contributed by atoms with Gasteiger partial charge in [0.05, 0.1) is 23.1 Å². The second kappa shape index (κ2) is 19.4. The lowest BCUT2D eigenvalue weighted by Crippen LogP contribution is -2.20. The zero-order valence-electron chi connectivity index (χ0n) is 40.7. The molecule has 3 aliphatic rings. The predicted molar refractivity (Wildman–Crippen MR) is 269 cm³/mol. The van der Waals surface area contributed by atoms with Crippen LogP contribution in [0.3, 0.4) is 0 Å². The van der Waals surface area contributed by atoms with Gasteiger partial charge >= 0.3 is 0 Å². The van der Waals surface area contributed by atoms with Crippen molar-refractivity contribution in [1.29, 1.82) is 0 Å². The minimum absolute atomic E-state index is 0.107. The van der Waals surface area contributed by atoms with E-state index < -0.39 is 0 Å². The molecule has 4 heteroatoms. The Morgan fingerprint density at radius 1 is 0.452 bits per heavy atom. The third-order valence-electron chi connectivity index (χ3n) is 11.4. The summed E-state index contributed by atoms with van der Waals surface area (Å²) in [5, 5.41) is 0. The van der Waals surface area contributed by atoms with Crippen LogP contribution in [0.4, 0.5) is 0 Å². The van der Waals surface area contributed by atoms with Crippen LogP contribution in [0, 0.1) is 0 Å². The van der Waals surface area contributed by atoms with Crippen molar-refractivity contribution >= 4 is 29.3 Å². The van der Waals surface area contributed by atoms with Crippen LogP contribution in [0.5, 0.6) is 0 Å². The smallest absolute Gasteiger partial charge is 0.0963 e. The van der Waals surface area contributed by atoms with E-state index in [1.807, 2.05) is 43.1 Å². The molecule has 3 heterocycles. The van der Waals surface area contributed by atoms with Gasteiger partial charge in [-0.25, -0.2) is 4.98 Å². The van der Waals surface area contributed by atoms with Crippen molar-refractivity contribution in [1.82, 2.24) is 19.5 Å². The van der Waals surface area contributed by atoms with E-state index in [0.717, 1.165) is 24.8 Å². The fourth-order valence-corrected chi connectivity index (χ4v) is 7.96. The highest BCUT2D eigenvalue weighted by molar-refractivity contribution is 5.75. The number of nitrogens with zero attached hydrogens (tertiary/aromatic N) is 4. The number of fused-ring (bicyclic) bond motifs is 4. The summed E-state index contributed by atoms with van der Waals surface area (Å²) in [6.07, 6.45) is 24.3. The number of allylic oxidation sites excluding steroid dienone is 3. The lowest BCUT2D eigenvalue weighted by molar-refractivity contribution is 0.408. The summed E-state index contributed by atoms with van der Waals surface area (Å²) in [6.45, 7) is 33.5. The van der Waals surface area contributed by atoms with Crippen LogP contribution in [0.2, 0.25) is 0 Å². The molecule has 0 saturated carbocycles. The molecular formula is C58H74N4. The van der Waals surface area contributed by atoms with Crippen molar-refractivity contribution in [2.24, 2.45) is 0 Å². The number of pyridine rings is 2. The van der Waals surface area contributed by atoms with Crippen molar-refractivity contribution in [3.05, 3.63) is 178 Å². The molecule has 0 radical (unpaired) electrons. The molecule has 3 aliphatic carbocycles. The highest BCUT2D eigenvalue weighted by Gasteiger charge is 2.23. The number of benzene rings is 3. The van der Waals surface area contributed by atoms with Crippen molar-refractivity contribution < 1.29 is 0 Å². The Hall–Kier alpha value is -5.35. The van der Waals surface area contributed by atoms with Gasteiger partial charge in [0.15, 0.2) is 0 Å². The van der Waals surface area contributed by atoms with Gasteiger partial charge in [-0.1, -0.05) is 180 Å². The molecule has 0 saturated heterocycles. The van der Waals surface area contributed by atoms with Gasteiger partial charge in [-0.3, -0.25) is 9.97 Å². The second-order valence-electron chi connectivity index (χ2n) is 21.8. The average Bonchev–Trinajstić information content (AvgIpc) is 4.03. The summed E-state index contributed by atoms with van der Waals surface area (Å²) in [5.74, 6) is 0. The number of rotatable bonds is 0. The summed E-state index contributed by atoms with van der Waals surface area (Å²) in [6, 6.07) is 27.5. The Morgan fingerprint density at radius 3 is 1.60 bits per heavy atom. The minimum Gasteiger partial charge on any atom is -0.325 e. The lowest BCUT2D eigenvalue weighted by atomic mass is 9.83. The molecule has 4 nitrogen and oxygen atoms in total. The maximum atomic E-state index is 4.37. The Labute approximate surface area is 375 Å². The molecular weight excluding hydrogens is 753 g/mol. The van der Waals surface area contributed by atoms with Gasteiger partial charge < -0.3 is 4.57 Å². The molecule has 0 amide bonds. The van der Waals surface area contributed by atoms with Crippen molar-refractivity contribution in [2.75, 3.05) is 0 Å². The van der Waals surface area contributed by atoms with Gasteiger partial charge in [0.25, 0.3) is 0 Å². The summed E-state index contributed by atoms with van der Waals surface area (Å²) >= 11 is 0. The molecule has 3 aromatic carbocycles.